The molecule has 1 heterocycles. The molecule has 2 aromatic rings. The smallest absolute Gasteiger partial charge is 0.139 e. The van der Waals surface area contributed by atoms with E-state index in [0.717, 1.165) is 6.07 Å². The summed E-state index contributed by atoms with van der Waals surface area (Å²) in [7, 11) is -1.36. The van der Waals surface area contributed by atoms with E-state index >= 15 is 0 Å². The minimum absolute atomic E-state index is 0.191. The Hall–Kier alpha value is -1.76. The molecule has 1 aromatic heterocycles. The highest BCUT2D eigenvalue weighted by molar-refractivity contribution is 7.84. The summed E-state index contributed by atoms with van der Waals surface area (Å²) in [6.45, 7) is 2.58. The Morgan fingerprint density at radius 3 is 2.94 bits per heavy atom. The fourth-order valence-electron chi connectivity index (χ4n) is 1.59. The highest BCUT2D eigenvalue weighted by Gasteiger charge is 2.13. The van der Waals surface area contributed by atoms with Gasteiger partial charge in [-0.15, -0.1) is 0 Å². The second-order valence-corrected chi connectivity index (χ2v) is 5.08. The normalized spacial score (nSPS) is 12.6. The Morgan fingerprint density at radius 2 is 2.28 bits per heavy atom. The van der Waals surface area contributed by atoms with Crippen LogP contribution < -0.4 is 5.73 Å². The van der Waals surface area contributed by atoms with Crippen LogP contribution in [-0.4, -0.2) is 19.0 Å². The van der Waals surface area contributed by atoms with E-state index in [4.69, 9.17) is 5.73 Å². The number of nitrogens with zero attached hydrogens (tertiary/aromatic N) is 3. The molecule has 2 rings (SSSR count). The number of aryl methyl sites for hydroxylation is 1. The van der Waals surface area contributed by atoms with Crippen LogP contribution in [0.1, 0.15) is 12.7 Å². The zero-order valence-electron chi connectivity index (χ0n) is 9.84. The van der Waals surface area contributed by atoms with Crippen LogP contribution in [0.25, 0.3) is 0 Å². The first kappa shape index (κ1) is 12.7. The third-order valence-electron chi connectivity index (χ3n) is 2.47. The minimum Gasteiger partial charge on any atom is -0.398 e. The van der Waals surface area contributed by atoms with Gasteiger partial charge in [0.25, 0.3) is 0 Å². The summed E-state index contributed by atoms with van der Waals surface area (Å²) in [6, 6.07) is 3.85. The molecule has 0 saturated carbocycles. The fraction of sp³-hybridized carbons (Fsp3) is 0.273. The van der Waals surface area contributed by atoms with Crippen molar-refractivity contribution in [2.24, 2.45) is 0 Å². The Labute approximate surface area is 106 Å². The highest BCUT2D eigenvalue weighted by atomic mass is 32.2. The van der Waals surface area contributed by atoms with E-state index in [2.05, 4.69) is 10.1 Å². The van der Waals surface area contributed by atoms with Crippen molar-refractivity contribution in [3.63, 3.8) is 0 Å². The van der Waals surface area contributed by atoms with Gasteiger partial charge < -0.3 is 5.73 Å². The van der Waals surface area contributed by atoms with Crippen molar-refractivity contribution < 1.29 is 8.60 Å². The van der Waals surface area contributed by atoms with Crippen LogP contribution in [0.3, 0.4) is 0 Å². The number of halogens is 1. The lowest BCUT2D eigenvalue weighted by Crippen LogP contribution is -2.08. The van der Waals surface area contributed by atoms with Crippen molar-refractivity contribution in [1.82, 2.24) is 14.8 Å². The van der Waals surface area contributed by atoms with Gasteiger partial charge in [-0.05, 0) is 25.1 Å². The molecular formula is C11H13FN4OS. The van der Waals surface area contributed by atoms with Crippen LogP contribution in [0.4, 0.5) is 10.1 Å². The summed E-state index contributed by atoms with van der Waals surface area (Å²) in [4.78, 5) is 4.46. The van der Waals surface area contributed by atoms with E-state index in [9.17, 15) is 8.60 Å². The largest absolute Gasteiger partial charge is 0.398 e. The van der Waals surface area contributed by atoms with Gasteiger partial charge in [-0.25, -0.2) is 14.1 Å². The van der Waals surface area contributed by atoms with E-state index in [1.165, 1.54) is 18.5 Å². The van der Waals surface area contributed by atoms with Crippen LogP contribution in [-0.2, 0) is 23.1 Å². The van der Waals surface area contributed by atoms with Gasteiger partial charge in [0.1, 0.15) is 18.0 Å². The molecule has 1 aromatic carbocycles. The van der Waals surface area contributed by atoms with Crippen LogP contribution in [0.15, 0.2) is 29.4 Å². The molecule has 18 heavy (non-hydrogen) atoms. The second kappa shape index (κ2) is 5.26. The summed E-state index contributed by atoms with van der Waals surface area (Å²) < 4.78 is 26.7. The predicted octanol–water partition coefficient (Wildman–Crippen LogP) is 1.33. The van der Waals surface area contributed by atoms with Gasteiger partial charge in [0, 0.05) is 6.54 Å². The standard InChI is InChI=1S/C11H13FN4OS/c1-2-16-11(14-7-15-16)6-18(17)10-4-3-8(12)5-9(10)13/h3-5,7H,2,6,13H2,1H3. The van der Waals surface area contributed by atoms with E-state index in [1.54, 1.807) is 4.68 Å². The number of aromatic nitrogens is 3. The summed E-state index contributed by atoms with van der Waals surface area (Å²) in [5.74, 6) is 0.397. The van der Waals surface area contributed by atoms with E-state index in [-0.39, 0.29) is 11.4 Å². The van der Waals surface area contributed by atoms with Crippen molar-refractivity contribution in [1.29, 1.82) is 0 Å². The van der Waals surface area contributed by atoms with Crippen LogP contribution in [0, 0.1) is 5.82 Å². The second-order valence-electron chi connectivity index (χ2n) is 3.66. The van der Waals surface area contributed by atoms with Gasteiger partial charge >= 0.3 is 0 Å². The van der Waals surface area contributed by atoms with Crippen LogP contribution in [0.5, 0.6) is 0 Å². The third kappa shape index (κ3) is 2.56. The molecule has 0 spiro atoms. The van der Waals surface area contributed by atoms with Crippen LogP contribution >= 0.6 is 0 Å². The first-order valence-corrected chi connectivity index (χ1v) is 6.73. The zero-order valence-corrected chi connectivity index (χ0v) is 10.7. The molecule has 0 radical (unpaired) electrons. The number of anilines is 1. The lowest BCUT2D eigenvalue weighted by molar-refractivity contribution is 0.624. The zero-order chi connectivity index (χ0) is 13.1. The maximum absolute atomic E-state index is 12.9. The van der Waals surface area contributed by atoms with E-state index in [1.807, 2.05) is 6.92 Å². The minimum atomic E-state index is -1.36. The molecule has 7 heteroatoms. The lowest BCUT2D eigenvalue weighted by atomic mass is 10.3. The predicted molar refractivity (Wildman–Crippen MR) is 66.6 cm³/mol. The first-order chi connectivity index (χ1) is 8.61. The average molecular weight is 268 g/mol. The Morgan fingerprint density at radius 1 is 1.50 bits per heavy atom. The highest BCUT2D eigenvalue weighted by Crippen LogP contribution is 2.19. The molecule has 0 saturated heterocycles. The molecule has 0 aliphatic rings. The van der Waals surface area contributed by atoms with Crippen molar-refractivity contribution in [3.05, 3.63) is 36.2 Å². The molecule has 1 unspecified atom stereocenters. The van der Waals surface area contributed by atoms with Crippen molar-refractivity contribution >= 4 is 16.5 Å². The molecule has 0 fully saturated rings. The Bertz CT molecular complexity index is 584. The van der Waals surface area contributed by atoms with Gasteiger partial charge in [-0.2, -0.15) is 5.10 Å². The molecule has 0 bridgehead atoms. The molecule has 0 aliphatic carbocycles. The number of hydrogen-bond donors (Lipinski definition) is 1. The van der Waals surface area contributed by atoms with Crippen molar-refractivity contribution in [2.45, 2.75) is 24.1 Å². The van der Waals surface area contributed by atoms with E-state index < -0.39 is 16.6 Å². The quantitative estimate of drug-likeness (QED) is 0.849. The van der Waals surface area contributed by atoms with Gasteiger partial charge in [-0.3, -0.25) is 4.21 Å². The molecule has 5 nitrogen and oxygen atoms in total. The Kier molecular flexibility index (Phi) is 3.71. The lowest BCUT2D eigenvalue weighted by Gasteiger charge is -2.06. The summed E-state index contributed by atoms with van der Waals surface area (Å²) in [5, 5.41) is 4.00. The summed E-state index contributed by atoms with van der Waals surface area (Å²) >= 11 is 0. The fourth-order valence-corrected chi connectivity index (χ4v) is 2.74. The molecule has 96 valence electrons. The maximum atomic E-state index is 12.9. The van der Waals surface area contributed by atoms with Crippen molar-refractivity contribution in [3.8, 4) is 0 Å². The SMILES string of the molecule is CCn1ncnc1CS(=O)c1ccc(F)cc1N. The monoisotopic (exact) mass is 268 g/mol. The number of nitrogens with two attached hydrogens (primary N) is 1. The number of benzene rings is 1. The molecule has 0 aliphatic heterocycles. The summed E-state index contributed by atoms with van der Waals surface area (Å²) in [5.41, 5.74) is 5.84. The topological polar surface area (TPSA) is 73.8 Å². The van der Waals surface area contributed by atoms with Crippen LogP contribution in [0.2, 0.25) is 0 Å². The van der Waals surface area contributed by atoms with Gasteiger partial charge in [0.2, 0.25) is 0 Å². The molecule has 0 amide bonds. The number of nitrogen functional groups attached to an aromatic ring is 1. The molecule has 2 N–H and O–H groups in total. The summed E-state index contributed by atoms with van der Waals surface area (Å²) in [6.07, 6.45) is 1.42. The maximum Gasteiger partial charge on any atom is 0.139 e. The number of hydrogen-bond acceptors (Lipinski definition) is 4. The van der Waals surface area contributed by atoms with E-state index in [0.29, 0.717) is 17.3 Å². The van der Waals surface area contributed by atoms with Crippen molar-refractivity contribution in [2.75, 3.05) is 5.73 Å². The van der Waals surface area contributed by atoms with Gasteiger partial charge in [-0.1, -0.05) is 0 Å². The number of rotatable bonds is 4. The average Bonchev–Trinajstić information content (AvgIpc) is 2.76. The molecular weight excluding hydrogens is 255 g/mol. The Balaban J connectivity index is 2.22. The van der Waals surface area contributed by atoms with Gasteiger partial charge in [0.05, 0.1) is 27.1 Å². The van der Waals surface area contributed by atoms with Gasteiger partial charge in [0.15, 0.2) is 0 Å². The third-order valence-corrected chi connectivity index (χ3v) is 3.86. The first-order valence-electron chi connectivity index (χ1n) is 5.42. The molecule has 1 atom stereocenters.